The zero-order valence-corrected chi connectivity index (χ0v) is 16.0. The van der Waals surface area contributed by atoms with Crippen molar-refractivity contribution >= 4 is 27.6 Å². The standard InChI is InChI=1S/C17H22N2O7S/c1-11(2)19-27(22,23)14-6-4-13(5-7-14)18-16(20)12(3)26-17(21)15-10-24-8-9-25-15/h4-7,10-12,19H,8-9H2,1-3H3,(H,18,20)/t12-/m1/s1. The molecule has 9 nitrogen and oxygen atoms in total. The van der Waals surface area contributed by atoms with E-state index in [4.69, 9.17) is 14.2 Å². The highest BCUT2D eigenvalue weighted by atomic mass is 32.2. The van der Waals surface area contributed by atoms with Crippen molar-refractivity contribution in [2.24, 2.45) is 0 Å². The number of hydrogen-bond donors (Lipinski definition) is 2. The van der Waals surface area contributed by atoms with Gasteiger partial charge in [0.05, 0.1) is 4.90 Å². The fourth-order valence-corrected chi connectivity index (χ4v) is 3.34. The Morgan fingerprint density at radius 3 is 2.33 bits per heavy atom. The molecule has 1 aliphatic heterocycles. The number of carbonyl (C=O) groups is 2. The maximum Gasteiger partial charge on any atom is 0.377 e. The second kappa shape index (κ2) is 8.87. The van der Waals surface area contributed by atoms with Crippen LogP contribution < -0.4 is 10.0 Å². The summed E-state index contributed by atoms with van der Waals surface area (Å²) in [6.07, 6.45) is 0.0517. The second-order valence-corrected chi connectivity index (χ2v) is 7.75. The van der Waals surface area contributed by atoms with Gasteiger partial charge in [0.1, 0.15) is 19.5 Å². The number of sulfonamides is 1. The van der Waals surface area contributed by atoms with Crippen LogP contribution in [0.2, 0.25) is 0 Å². The summed E-state index contributed by atoms with van der Waals surface area (Å²) in [6, 6.07) is 5.40. The van der Waals surface area contributed by atoms with Crippen LogP contribution in [-0.2, 0) is 33.8 Å². The lowest BCUT2D eigenvalue weighted by molar-refractivity contribution is -0.153. The van der Waals surface area contributed by atoms with Gasteiger partial charge >= 0.3 is 5.97 Å². The van der Waals surface area contributed by atoms with Gasteiger partial charge in [-0.25, -0.2) is 17.9 Å². The smallest absolute Gasteiger partial charge is 0.377 e. The van der Waals surface area contributed by atoms with Crippen molar-refractivity contribution in [1.82, 2.24) is 4.72 Å². The number of esters is 1. The highest BCUT2D eigenvalue weighted by Crippen LogP contribution is 2.15. The van der Waals surface area contributed by atoms with Crippen LogP contribution in [0.3, 0.4) is 0 Å². The van der Waals surface area contributed by atoms with Gasteiger partial charge in [-0.3, -0.25) is 4.79 Å². The monoisotopic (exact) mass is 398 g/mol. The molecule has 2 N–H and O–H groups in total. The van der Waals surface area contributed by atoms with Gasteiger partial charge in [0.15, 0.2) is 6.10 Å². The van der Waals surface area contributed by atoms with Crippen molar-refractivity contribution in [3.63, 3.8) is 0 Å². The van der Waals surface area contributed by atoms with E-state index < -0.39 is 28.0 Å². The SMILES string of the molecule is CC(C)NS(=O)(=O)c1ccc(NC(=O)[C@@H](C)OC(=O)C2=COCCO2)cc1. The summed E-state index contributed by atoms with van der Waals surface area (Å²) in [5.74, 6) is -1.48. The normalized spacial score (nSPS) is 15.2. The number of amides is 1. The molecule has 1 heterocycles. The van der Waals surface area contributed by atoms with Gasteiger partial charge in [-0.15, -0.1) is 0 Å². The van der Waals surface area contributed by atoms with E-state index >= 15 is 0 Å². The molecule has 2 rings (SSSR count). The maximum atomic E-state index is 12.1. The van der Waals surface area contributed by atoms with Crippen molar-refractivity contribution in [3.05, 3.63) is 36.3 Å². The molecule has 27 heavy (non-hydrogen) atoms. The van der Waals surface area contributed by atoms with Crippen LogP contribution in [-0.4, -0.2) is 45.7 Å². The van der Waals surface area contributed by atoms with Crippen molar-refractivity contribution in [3.8, 4) is 0 Å². The minimum Gasteiger partial charge on any atom is -0.493 e. The third-order valence-corrected chi connectivity index (χ3v) is 5.00. The van der Waals surface area contributed by atoms with E-state index in [0.717, 1.165) is 6.26 Å². The topological polar surface area (TPSA) is 120 Å². The predicted molar refractivity (Wildman–Crippen MR) is 96.1 cm³/mol. The van der Waals surface area contributed by atoms with Crippen LogP contribution in [0, 0.1) is 0 Å². The second-order valence-electron chi connectivity index (χ2n) is 6.04. The molecule has 0 aromatic heterocycles. The molecule has 0 saturated carbocycles. The molecular weight excluding hydrogens is 376 g/mol. The third kappa shape index (κ3) is 5.97. The molecule has 0 spiro atoms. The molecule has 148 valence electrons. The molecular formula is C17H22N2O7S. The first kappa shape index (κ1) is 20.7. The van der Waals surface area contributed by atoms with Crippen LogP contribution in [0.5, 0.6) is 0 Å². The number of benzene rings is 1. The van der Waals surface area contributed by atoms with Crippen LogP contribution in [0.4, 0.5) is 5.69 Å². The van der Waals surface area contributed by atoms with Gasteiger partial charge in [0.25, 0.3) is 5.91 Å². The fraction of sp³-hybridized carbons (Fsp3) is 0.412. The van der Waals surface area contributed by atoms with Crippen molar-refractivity contribution < 1.29 is 32.2 Å². The van der Waals surface area contributed by atoms with E-state index in [2.05, 4.69) is 10.0 Å². The Morgan fingerprint density at radius 1 is 1.11 bits per heavy atom. The number of hydrogen-bond acceptors (Lipinski definition) is 7. The summed E-state index contributed by atoms with van der Waals surface area (Å²) in [5, 5.41) is 2.55. The van der Waals surface area contributed by atoms with E-state index in [1.165, 1.54) is 31.2 Å². The lowest BCUT2D eigenvalue weighted by Crippen LogP contribution is -2.31. The molecule has 1 aliphatic rings. The minimum absolute atomic E-state index is 0.0788. The molecule has 0 fully saturated rings. The van der Waals surface area contributed by atoms with Gasteiger partial charge in [-0.05, 0) is 45.0 Å². The number of anilines is 1. The van der Waals surface area contributed by atoms with Gasteiger partial charge in [-0.2, -0.15) is 0 Å². The Labute approximate surface area is 157 Å². The van der Waals surface area contributed by atoms with Crippen LogP contribution >= 0.6 is 0 Å². The van der Waals surface area contributed by atoms with E-state index in [0.29, 0.717) is 12.3 Å². The maximum absolute atomic E-state index is 12.1. The Hall–Kier alpha value is -2.59. The molecule has 0 bridgehead atoms. The largest absolute Gasteiger partial charge is 0.493 e. The average molecular weight is 398 g/mol. The quantitative estimate of drug-likeness (QED) is 0.661. The fourth-order valence-electron chi connectivity index (χ4n) is 2.09. The van der Waals surface area contributed by atoms with Gasteiger partial charge in [0.2, 0.25) is 15.8 Å². The Bertz CT molecular complexity index is 816. The first-order valence-corrected chi connectivity index (χ1v) is 9.76. The molecule has 10 heteroatoms. The molecule has 0 aliphatic carbocycles. The van der Waals surface area contributed by atoms with Crippen LogP contribution in [0.25, 0.3) is 0 Å². The van der Waals surface area contributed by atoms with Crippen LogP contribution in [0.15, 0.2) is 41.2 Å². The Morgan fingerprint density at radius 2 is 1.78 bits per heavy atom. The van der Waals surface area contributed by atoms with Crippen molar-refractivity contribution in [2.45, 2.75) is 37.8 Å². The zero-order valence-electron chi connectivity index (χ0n) is 15.2. The van der Waals surface area contributed by atoms with E-state index in [-0.39, 0.29) is 23.3 Å². The van der Waals surface area contributed by atoms with Crippen molar-refractivity contribution in [2.75, 3.05) is 18.5 Å². The number of ether oxygens (including phenoxy) is 3. The molecule has 0 radical (unpaired) electrons. The number of nitrogens with one attached hydrogen (secondary N) is 2. The van der Waals surface area contributed by atoms with Gasteiger partial charge < -0.3 is 19.5 Å². The summed E-state index contributed by atoms with van der Waals surface area (Å²) in [6.45, 7) is 5.40. The third-order valence-electron chi connectivity index (χ3n) is 3.33. The summed E-state index contributed by atoms with van der Waals surface area (Å²) in [7, 11) is -3.61. The molecule has 0 unspecified atom stereocenters. The van der Waals surface area contributed by atoms with E-state index in [1.807, 2.05) is 0 Å². The molecule has 1 amide bonds. The van der Waals surface area contributed by atoms with Crippen molar-refractivity contribution in [1.29, 1.82) is 0 Å². The Balaban J connectivity index is 1.95. The van der Waals surface area contributed by atoms with E-state index in [9.17, 15) is 18.0 Å². The zero-order chi connectivity index (χ0) is 20.0. The summed E-state index contributed by atoms with van der Waals surface area (Å²) >= 11 is 0. The Kier molecular flexibility index (Phi) is 6.81. The lowest BCUT2D eigenvalue weighted by Gasteiger charge is -2.17. The van der Waals surface area contributed by atoms with E-state index in [1.54, 1.807) is 13.8 Å². The minimum atomic E-state index is -3.61. The molecule has 0 saturated heterocycles. The molecule has 1 aromatic rings. The van der Waals surface area contributed by atoms with Gasteiger partial charge in [-0.1, -0.05) is 0 Å². The molecule has 1 aromatic carbocycles. The summed E-state index contributed by atoms with van der Waals surface area (Å²) < 4.78 is 41.7. The number of carbonyl (C=O) groups excluding carboxylic acids is 2. The average Bonchev–Trinajstić information content (AvgIpc) is 2.61. The lowest BCUT2D eigenvalue weighted by atomic mass is 10.3. The molecule has 1 atom stereocenters. The van der Waals surface area contributed by atoms with Crippen LogP contribution in [0.1, 0.15) is 20.8 Å². The highest BCUT2D eigenvalue weighted by molar-refractivity contribution is 7.89. The predicted octanol–water partition coefficient (Wildman–Crippen LogP) is 1.13. The number of rotatable bonds is 7. The highest BCUT2D eigenvalue weighted by Gasteiger charge is 2.23. The summed E-state index contributed by atoms with van der Waals surface area (Å²) in [5.41, 5.74) is 0.364. The first-order chi connectivity index (χ1) is 12.7. The first-order valence-electron chi connectivity index (χ1n) is 8.28. The summed E-state index contributed by atoms with van der Waals surface area (Å²) in [4.78, 5) is 24.1. The van der Waals surface area contributed by atoms with Gasteiger partial charge in [0, 0.05) is 11.7 Å².